The highest BCUT2D eigenvalue weighted by atomic mass is 15.2. The summed E-state index contributed by atoms with van der Waals surface area (Å²) in [6.45, 7) is 6.69. The summed E-state index contributed by atoms with van der Waals surface area (Å²) < 4.78 is 4.97. The Labute approximate surface area is 542 Å². The SMILES string of the molecule is CC(C)(C)c1ccc(-c2cc3c4c(c2)N(c2c(-c5ccccc5)cccc2-c2ccccc2)c2cc(-n5c6ccccc6c6ccccc65)ccc2B4c2ccc(-n4c5ccccc5c5ccccc54)cc2N3c2c(-c3ccccc3)cccc2-c2ccccc2)cc1. The van der Waals surface area contributed by atoms with Crippen LogP contribution in [-0.2, 0) is 5.41 Å². The van der Waals surface area contributed by atoms with E-state index >= 15 is 0 Å². The lowest BCUT2D eigenvalue weighted by molar-refractivity contribution is 0.590. The molecule has 4 heterocycles. The van der Waals surface area contributed by atoms with Crippen LogP contribution >= 0.6 is 0 Å². The maximum absolute atomic E-state index is 2.68. The smallest absolute Gasteiger partial charge is 0.252 e. The number of anilines is 6. The summed E-state index contributed by atoms with van der Waals surface area (Å²) in [5, 5.41) is 4.91. The van der Waals surface area contributed by atoms with Crippen LogP contribution in [0.2, 0.25) is 0 Å². The van der Waals surface area contributed by atoms with E-state index in [1.807, 2.05) is 0 Å². The first kappa shape index (κ1) is 54.3. The summed E-state index contributed by atoms with van der Waals surface area (Å²) in [6, 6.07) is 123. The molecule has 14 aromatic carbocycles. The van der Waals surface area contributed by atoms with Gasteiger partial charge in [-0.15, -0.1) is 0 Å². The molecule has 0 aliphatic carbocycles. The Morgan fingerprint density at radius 3 is 0.914 bits per heavy atom. The van der Waals surface area contributed by atoms with E-state index < -0.39 is 0 Å². The molecule has 0 fully saturated rings. The Morgan fingerprint density at radius 2 is 0.581 bits per heavy atom. The van der Waals surface area contributed by atoms with E-state index in [0.717, 1.165) is 101 Å². The Kier molecular flexibility index (Phi) is 12.6. The van der Waals surface area contributed by atoms with Crippen molar-refractivity contribution in [3.05, 3.63) is 333 Å². The summed E-state index contributed by atoms with van der Waals surface area (Å²) in [6.07, 6.45) is 0. The van der Waals surface area contributed by atoms with Crippen LogP contribution in [0.25, 0.3) is 111 Å². The molecule has 2 aliphatic rings. The van der Waals surface area contributed by atoms with Crippen LogP contribution in [0.1, 0.15) is 26.3 Å². The highest BCUT2D eigenvalue weighted by Gasteiger charge is 2.46. The predicted molar refractivity (Wildman–Crippen MR) is 395 cm³/mol. The van der Waals surface area contributed by atoms with Crippen molar-refractivity contribution in [3.8, 4) is 67.0 Å². The lowest BCUT2D eigenvalue weighted by atomic mass is 9.33. The lowest BCUT2D eigenvalue weighted by Crippen LogP contribution is -2.61. The van der Waals surface area contributed by atoms with Gasteiger partial charge in [0.15, 0.2) is 0 Å². The first-order chi connectivity index (χ1) is 45.8. The van der Waals surface area contributed by atoms with Crippen molar-refractivity contribution in [2.75, 3.05) is 9.80 Å². The van der Waals surface area contributed by atoms with E-state index in [9.17, 15) is 0 Å². The van der Waals surface area contributed by atoms with Crippen molar-refractivity contribution in [1.82, 2.24) is 9.13 Å². The predicted octanol–water partition coefficient (Wildman–Crippen LogP) is 21.6. The molecule has 18 rings (SSSR count). The first-order valence-electron chi connectivity index (χ1n) is 32.4. The largest absolute Gasteiger partial charge is 0.310 e. The van der Waals surface area contributed by atoms with Gasteiger partial charge in [-0.3, -0.25) is 0 Å². The second-order valence-corrected chi connectivity index (χ2v) is 26.0. The third kappa shape index (κ3) is 8.68. The van der Waals surface area contributed by atoms with Gasteiger partial charge >= 0.3 is 0 Å². The molecule has 0 atom stereocenters. The van der Waals surface area contributed by atoms with Crippen molar-refractivity contribution in [3.63, 3.8) is 0 Å². The molecule has 0 spiro atoms. The Balaban J connectivity index is 1.03. The zero-order valence-corrected chi connectivity index (χ0v) is 52.0. The Morgan fingerprint density at radius 1 is 0.258 bits per heavy atom. The van der Waals surface area contributed by atoms with Crippen LogP contribution < -0.4 is 26.2 Å². The van der Waals surface area contributed by atoms with Crippen LogP contribution in [0.5, 0.6) is 0 Å². The molecule has 0 unspecified atom stereocenters. The normalized spacial score (nSPS) is 12.6. The third-order valence-electron chi connectivity index (χ3n) is 19.7. The standard InChI is InChI=1S/C88H63BN4/c1-88(2,3)64-48-46-58(47-49-64)63-54-83-85-84(55-63)93(87-69(61-30-12-6-13-31-61)40-25-41-70(87)62-32-14-7-15-33-62)82-57-66(91-79-44-22-18-36-73(79)74-37-19-23-45-80(74)91)51-53-76(82)89(85)75-52-50-65(90-77-42-20-16-34-71(77)72-35-17-21-43-78(72)90)56-81(75)92(83)86-67(59-26-8-4-9-27-59)38-24-39-68(86)60-28-10-5-11-29-60/h4-57H,1-3H3. The molecule has 5 heteroatoms. The quantitative estimate of drug-likeness (QED) is 0.134. The minimum Gasteiger partial charge on any atom is -0.310 e. The number of hydrogen-bond acceptors (Lipinski definition) is 2. The maximum Gasteiger partial charge on any atom is 0.252 e. The molecule has 93 heavy (non-hydrogen) atoms. The van der Waals surface area contributed by atoms with Gasteiger partial charge in [-0.2, -0.15) is 0 Å². The van der Waals surface area contributed by atoms with E-state index in [2.05, 4.69) is 367 Å². The van der Waals surface area contributed by atoms with E-state index in [0.29, 0.717) is 0 Å². The average Bonchev–Trinajstić information content (AvgIpc) is 0.952. The van der Waals surface area contributed by atoms with Gasteiger partial charge in [0, 0.05) is 77.9 Å². The molecule has 2 aromatic heterocycles. The van der Waals surface area contributed by atoms with Crippen molar-refractivity contribution >= 4 is 101 Å². The molecule has 0 saturated carbocycles. The number of fused-ring (bicyclic) bond motifs is 10. The summed E-state index contributed by atoms with van der Waals surface area (Å²) in [5.74, 6) is 0. The highest BCUT2D eigenvalue weighted by Crippen LogP contribution is 2.54. The van der Waals surface area contributed by atoms with E-state index in [1.165, 1.54) is 65.6 Å². The number of para-hydroxylation sites is 6. The fraction of sp³-hybridized carbons (Fsp3) is 0.0455. The minimum absolute atomic E-state index is 0.0409. The van der Waals surface area contributed by atoms with Gasteiger partial charge < -0.3 is 18.9 Å². The van der Waals surface area contributed by atoms with Gasteiger partial charge in [0.1, 0.15) is 0 Å². The third-order valence-corrected chi connectivity index (χ3v) is 19.7. The van der Waals surface area contributed by atoms with Gasteiger partial charge in [-0.1, -0.05) is 288 Å². The first-order valence-corrected chi connectivity index (χ1v) is 32.4. The Hall–Kier alpha value is -11.7. The summed E-state index contributed by atoms with van der Waals surface area (Å²) in [5.41, 5.74) is 29.9. The second kappa shape index (κ2) is 21.5. The lowest BCUT2D eigenvalue weighted by Gasteiger charge is -2.46. The van der Waals surface area contributed by atoms with Crippen LogP contribution in [0.4, 0.5) is 34.1 Å². The van der Waals surface area contributed by atoms with Gasteiger partial charge in [-0.05, 0) is 121 Å². The zero-order valence-electron chi connectivity index (χ0n) is 52.0. The van der Waals surface area contributed by atoms with Crippen LogP contribution in [0.3, 0.4) is 0 Å². The van der Waals surface area contributed by atoms with Crippen molar-refractivity contribution in [2.45, 2.75) is 26.2 Å². The van der Waals surface area contributed by atoms with Gasteiger partial charge in [0.25, 0.3) is 6.71 Å². The molecule has 0 N–H and O–H groups in total. The monoisotopic (exact) mass is 1190 g/mol. The fourth-order valence-corrected chi connectivity index (χ4v) is 15.4. The van der Waals surface area contributed by atoms with Crippen LogP contribution in [0.15, 0.2) is 328 Å². The molecule has 0 saturated heterocycles. The zero-order chi connectivity index (χ0) is 61.9. The highest BCUT2D eigenvalue weighted by molar-refractivity contribution is 7.00. The van der Waals surface area contributed by atoms with E-state index in [-0.39, 0.29) is 12.1 Å². The van der Waals surface area contributed by atoms with E-state index in [4.69, 9.17) is 0 Å². The number of benzene rings is 14. The molecule has 0 bridgehead atoms. The van der Waals surface area contributed by atoms with Crippen LogP contribution in [-0.4, -0.2) is 15.8 Å². The molecule has 16 aromatic rings. The number of hydrogen-bond donors (Lipinski definition) is 0. The molecule has 2 aliphatic heterocycles. The number of aromatic nitrogens is 2. The molecule has 0 amide bonds. The van der Waals surface area contributed by atoms with Crippen molar-refractivity contribution in [1.29, 1.82) is 0 Å². The molecule has 4 nitrogen and oxygen atoms in total. The fourth-order valence-electron chi connectivity index (χ4n) is 15.4. The van der Waals surface area contributed by atoms with Crippen LogP contribution in [0, 0.1) is 0 Å². The maximum atomic E-state index is 2.68. The summed E-state index contributed by atoms with van der Waals surface area (Å²) in [7, 11) is 0. The number of rotatable bonds is 9. The van der Waals surface area contributed by atoms with Gasteiger partial charge in [0.2, 0.25) is 0 Å². The topological polar surface area (TPSA) is 16.3 Å². The van der Waals surface area contributed by atoms with Gasteiger partial charge in [-0.25, -0.2) is 0 Å². The van der Waals surface area contributed by atoms with E-state index in [1.54, 1.807) is 0 Å². The molecule has 0 radical (unpaired) electrons. The van der Waals surface area contributed by atoms with Gasteiger partial charge in [0.05, 0.1) is 33.4 Å². The number of nitrogens with zero attached hydrogens (tertiary/aromatic N) is 4. The minimum atomic E-state index is -0.225. The second-order valence-electron chi connectivity index (χ2n) is 26.0. The Bertz CT molecular complexity index is 5070. The molecular weight excluding hydrogens is 1120 g/mol. The average molecular weight is 1190 g/mol. The molecular formula is C88H63BN4. The van der Waals surface area contributed by atoms with Crippen molar-refractivity contribution < 1.29 is 0 Å². The summed E-state index contributed by atoms with van der Waals surface area (Å²) in [4.78, 5) is 5.35. The molecule has 438 valence electrons. The summed E-state index contributed by atoms with van der Waals surface area (Å²) >= 11 is 0. The van der Waals surface area contributed by atoms with Crippen molar-refractivity contribution in [2.24, 2.45) is 0 Å².